The molecule has 18 heavy (non-hydrogen) atoms. The molecule has 0 atom stereocenters. The molecule has 0 saturated carbocycles. The SMILES string of the molecule is O=C(O)c1cn(C(F)(F)F)c2ccccc2c1=O. The Bertz CT molecular complexity index is 688. The number of para-hydroxylation sites is 1. The van der Waals surface area contributed by atoms with Crippen LogP contribution in [-0.2, 0) is 6.30 Å². The van der Waals surface area contributed by atoms with Crippen LogP contribution in [0.5, 0.6) is 0 Å². The number of hydrogen-bond donors (Lipinski definition) is 1. The summed E-state index contributed by atoms with van der Waals surface area (Å²) in [7, 11) is 0. The summed E-state index contributed by atoms with van der Waals surface area (Å²) in [5.74, 6) is -1.69. The lowest BCUT2D eigenvalue weighted by atomic mass is 10.1. The summed E-state index contributed by atoms with van der Waals surface area (Å²) in [5, 5.41) is 8.45. The van der Waals surface area contributed by atoms with E-state index in [1.54, 1.807) is 0 Å². The zero-order valence-corrected chi connectivity index (χ0v) is 8.73. The number of fused-ring (bicyclic) bond motifs is 1. The number of hydrogen-bond acceptors (Lipinski definition) is 2. The van der Waals surface area contributed by atoms with Gasteiger partial charge >= 0.3 is 12.3 Å². The smallest absolute Gasteiger partial charge is 0.477 e. The minimum absolute atomic E-state index is 0.173. The number of nitrogens with zero attached hydrogens (tertiary/aromatic N) is 1. The molecule has 0 spiro atoms. The monoisotopic (exact) mass is 257 g/mol. The highest BCUT2D eigenvalue weighted by Gasteiger charge is 2.32. The van der Waals surface area contributed by atoms with Gasteiger partial charge in [0.2, 0.25) is 5.43 Å². The Balaban J connectivity index is 2.99. The number of carbonyl (C=O) groups is 1. The van der Waals surface area contributed by atoms with Gasteiger partial charge < -0.3 is 5.11 Å². The number of aromatic carboxylic acids is 1. The summed E-state index contributed by atoms with van der Waals surface area (Å²) in [6, 6.07) is 4.97. The molecule has 0 unspecified atom stereocenters. The Labute approximate surface area is 97.9 Å². The van der Waals surface area contributed by atoms with E-state index in [9.17, 15) is 22.8 Å². The maximum absolute atomic E-state index is 12.8. The molecule has 2 aromatic rings. The van der Waals surface area contributed by atoms with Crippen molar-refractivity contribution in [3.05, 3.63) is 46.2 Å². The molecule has 94 valence electrons. The van der Waals surface area contributed by atoms with Crippen molar-refractivity contribution in [2.75, 3.05) is 0 Å². The first-order valence-electron chi connectivity index (χ1n) is 4.77. The van der Waals surface area contributed by atoms with Gasteiger partial charge in [-0.3, -0.25) is 9.36 Å². The van der Waals surface area contributed by atoms with E-state index in [2.05, 4.69) is 0 Å². The molecule has 0 aliphatic carbocycles. The van der Waals surface area contributed by atoms with Crippen molar-refractivity contribution in [3.63, 3.8) is 0 Å². The van der Waals surface area contributed by atoms with Gasteiger partial charge in [-0.2, -0.15) is 0 Å². The number of pyridine rings is 1. The van der Waals surface area contributed by atoms with Gasteiger partial charge in [0.05, 0.1) is 5.52 Å². The topological polar surface area (TPSA) is 59.3 Å². The molecular weight excluding hydrogens is 251 g/mol. The van der Waals surface area contributed by atoms with Crippen LogP contribution >= 0.6 is 0 Å². The second kappa shape index (κ2) is 3.86. The Morgan fingerprint density at radius 3 is 2.39 bits per heavy atom. The van der Waals surface area contributed by atoms with Crippen LogP contribution in [0.15, 0.2) is 35.3 Å². The zero-order chi connectivity index (χ0) is 13.5. The summed E-state index contributed by atoms with van der Waals surface area (Å²) in [6.07, 6.45) is -4.50. The second-order valence-corrected chi connectivity index (χ2v) is 3.53. The Kier molecular flexibility index (Phi) is 2.61. The van der Waals surface area contributed by atoms with Crippen LogP contribution in [0, 0.1) is 0 Å². The fraction of sp³-hybridized carbons (Fsp3) is 0.0909. The van der Waals surface area contributed by atoms with Crippen LogP contribution in [0.1, 0.15) is 10.4 Å². The first-order chi connectivity index (χ1) is 8.32. The largest absolute Gasteiger partial charge is 0.488 e. The summed E-state index contributed by atoms with van der Waals surface area (Å²) >= 11 is 0. The van der Waals surface area contributed by atoms with Gasteiger partial charge in [-0.25, -0.2) is 4.79 Å². The van der Waals surface area contributed by atoms with Gasteiger partial charge in [0.1, 0.15) is 5.56 Å². The number of halogens is 3. The van der Waals surface area contributed by atoms with Crippen LogP contribution in [0.25, 0.3) is 10.9 Å². The van der Waals surface area contributed by atoms with Gasteiger partial charge in [-0.1, -0.05) is 12.1 Å². The highest BCUT2D eigenvalue weighted by atomic mass is 19.4. The highest BCUT2D eigenvalue weighted by molar-refractivity contribution is 5.92. The van der Waals surface area contributed by atoms with E-state index in [4.69, 9.17) is 5.11 Å². The van der Waals surface area contributed by atoms with Crippen molar-refractivity contribution in [3.8, 4) is 0 Å². The van der Waals surface area contributed by atoms with Gasteiger partial charge in [-0.15, -0.1) is 13.2 Å². The molecule has 1 N–H and O–H groups in total. The van der Waals surface area contributed by atoms with Gasteiger partial charge in [0.15, 0.2) is 0 Å². The van der Waals surface area contributed by atoms with Gasteiger partial charge in [0, 0.05) is 11.6 Å². The van der Waals surface area contributed by atoms with Crippen LogP contribution < -0.4 is 5.43 Å². The average molecular weight is 257 g/mol. The van der Waals surface area contributed by atoms with Gasteiger partial charge in [0.25, 0.3) is 0 Å². The van der Waals surface area contributed by atoms with Crippen LogP contribution in [0.4, 0.5) is 13.2 Å². The summed E-state index contributed by atoms with van der Waals surface area (Å²) in [6.45, 7) is 0. The quantitative estimate of drug-likeness (QED) is 0.851. The Morgan fingerprint density at radius 1 is 1.22 bits per heavy atom. The molecule has 0 bridgehead atoms. The summed E-state index contributed by atoms with van der Waals surface area (Å²) < 4.78 is 38.1. The van der Waals surface area contributed by atoms with Crippen molar-refractivity contribution in [1.82, 2.24) is 4.57 Å². The van der Waals surface area contributed by atoms with Crippen molar-refractivity contribution in [2.24, 2.45) is 0 Å². The molecule has 0 radical (unpaired) electrons. The van der Waals surface area contributed by atoms with Gasteiger partial charge in [-0.05, 0) is 12.1 Å². The number of benzene rings is 1. The highest BCUT2D eigenvalue weighted by Crippen LogP contribution is 2.26. The van der Waals surface area contributed by atoms with Crippen molar-refractivity contribution in [2.45, 2.75) is 6.30 Å². The van der Waals surface area contributed by atoms with E-state index in [0.717, 1.165) is 12.1 Å². The van der Waals surface area contributed by atoms with Crippen LogP contribution in [-0.4, -0.2) is 15.6 Å². The van der Waals surface area contributed by atoms with E-state index in [1.807, 2.05) is 0 Å². The lowest BCUT2D eigenvalue weighted by Crippen LogP contribution is -2.24. The predicted octanol–water partition coefficient (Wildman–Crippen LogP) is 2.18. The molecule has 7 heteroatoms. The van der Waals surface area contributed by atoms with E-state index in [-0.39, 0.29) is 15.5 Å². The molecule has 0 amide bonds. The molecule has 0 fully saturated rings. The first-order valence-corrected chi connectivity index (χ1v) is 4.77. The lowest BCUT2D eigenvalue weighted by molar-refractivity contribution is -0.201. The molecule has 4 nitrogen and oxygen atoms in total. The maximum atomic E-state index is 12.8. The predicted molar refractivity (Wildman–Crippen MR) is 56.5 cm³/mol. The molecule has 0 aliphatic rings. The zero-order valence-electron chi connectivity index (χ0n) is 8.73. The fourth-order valence-electron chi connectivity index (χ4n) is 1.64. The van der Waals surface area contributed by atoms with Crippen molar-refractivity contribution < 1.29 is 23.1 Å². The lowest BCUT2D eigenvalue weighted by Gasteiger charge is -2.14. The maximum Gasteiger partial charge on any atom is 0.488 e. The molecule has 0 saturated heterocycles. The third-order valence-corrected chi connectivity index (χ3v) is 2.41. The molecule has 1 heterocycles. The summed E-state index contributed by atoms with van der Waals surface area (Å²) in [4.78, 5) is 22.5. The number of carboxylic acid groups (broad SMARTS) is 1. The number of rotatable bonds is 1. The van der Waals surface area contributed by atoms with E-state index in [0.29, 0.717) is 6.20 Å². The molecule has 1 aromatic heterocycles. The van der Waals surface area contributed by atoms with E-state index >= 15 is 0 Å². The Hall–Kier alpha value is -2.31. The van der Waals surface area contributed by atoms with E-state index in [1.165, 1.54) is 12.1 Å². The van der Waals surface area contributed by atoms with Crippen molar-refractivity contribution >= 4 is 16.9 Å². The molecular formula is C11H6F3NO3. The van der Waals surface area contributed by atoms with Crippen LogP contribution in [0.2, 0.25) is 0 Å². The normalized spacial score (nSPS) is 11.7. The summed E-state index contributed by atoms with van der Waals surface area (Å²) in [5.41, 5.74) is -2.22. The Morgan fingerprint density at radius 2 is 1.83 bits per heavy atom. The number of aromatic nitrogens is 1. The van der Waals surface area contributed by atoms with Crippen molar-refractivity contribution in [1.29, 1.82) is 0 Å². The second-order valence-electron chi connectivity index (χ2n) is 3.53. The fourth-order valence-corrected chi connectivity index (χ4v) is 1.64. The minimum Gasteiger partial charge on any atom is -0.477 e. The minimum atomic E-state index is -4.79. The number of carboxylic acids is 1. The van der Waals surface area contributed by atoms with E-state index < -0.39 is 23.3 Å². The van der Waals surface area contributed by atoms with Crippen LogP contribution in [0.3, 0.4) is 0 Å². The number of alkyl halides is 3. The third kappa shape index (κ3) is 1.83. The molecule has 2 rings (SSSR count). The third-order valence-electron chi connectivity index (χ3n) is 2.41. The standard InChI is InChI=1S/C11H6F3NO3/c12-11(13,14)15-5-7(10(17)18)9(16)6-3-1-2-4-8(6)15/h1-5H,(H,17,18). The average Bonchev–Trinajstić information content (AvgIpc) is 2.27. The molecule has 1 aromatic carbocycles. The first kappa shape index (κ1) is 12.2. The molecule has 0 aliphatic heterocycles.